The van der Waals surface area contributed by atoms with Crippen LogP contribution in [0.2, 0.25) is 5.02 Å². The molecule has 1 aromatic rings. The quantitative estimate of drug-likeness (QED) is 0.886. The summed E-state index contributed by atoms with van der Waals surface area (Å²) < 4.78 is 0. The van der Waals surface area contributed by atoms with Crippen LogP contribution in [0.4, 0.5) is 0 Å². The second-order valence-electron chi connectivity index (χ2n) is 5.52. The molecule has 0 aliphatic carbocycles. The molecule has 2 N–H and O–H groups in total. The van der Waals surface area contributed by atoms with E-state index in [9.17, 15) is 9.90 Å². The number of rotatable bonds is 3. The van der Waals surface area contributed by atoms with Crippen LogP contribution in [0.1, 0.15) is 39.4 Å². The summed E-state index contributed by atoms with van der Waals surface area (Å²) >= 11 is 5.78. The Hall–Kier alpha value is -1.06. The van der Waals surface area contributed by atoms with E-state index in [1.165, 1.54) is 0 Å². The van der Waals surface area contributed by atoms with Gasteiger partial charge in [0.25, 0.3) is 0 Å². The number of nitrogens with one attached hydrogen (secondary N) is 1. The Morgan fingerprint density at radius 3 is 2.22 bits per heavy atom. The molecule has 0 unspecified atom stereocenters. The molecule has 0 heterocycles. The molecule has 4 heteroatoms. The normalized spacial score (nSPS) is 15.0. The molecule has 3 nitrogen and oxygen atoms in total. The third-order valence-electron chi connectivity index (χ3n) is 2.60. The number of aliphatic hydroxyl groups is 1. The smallest absolute Gasteiger partial charge is 0.226 e. The molecular formula is C14H20ClNO2. The molecule has 0 aliphatic heterocycles. The predicted octanol–water partition coefficient (Wildman–Crippen LogP) is 2.92. The predicted molar refractivity (Wildman–Crippen MR) is 73.5 cm³/mol. The van der Waals surface area contributed by atoms with Crippen molar-refractivity contribution in [3.63, 3.8) is 0 Å². The number of carbonyl (C=O) groups is 1. The van der Waals surface area contributed by atoms with Crippen LogP contribution >= 0.6 is 11.6 Å². The van der Waals surface area contributed by atoms with Crippen LogP contribution in [0.25, 0.3) is 0 Å². The van der Waals surface area contributed by atoms with E-state index in [0.717, 1.165) is 0 Å². The molecule has 18 heavy (non-hydrogen) atoms. The van der Waals surface area contributed by atoms with Crippen molar-refractivity contribution in [1.29, 1.82) is 0 Å². The van der Waals surface area contributed by atoms with Gasteiger partial charge < -0.3 is 10.4 Å². The minimum atomic E-state index is -0.829. The van der Waals surface area contributed by atoms with Crippen molar-refractivity contribution >= 4 is 17.5 Å². The van der Waals surface area contributed by atoms with Crippen molar-refractivity contribution in [3.8, 4) is 0 Å². The molecular weight excluding hydrogens is 250 g/mol. The molecule has 0 aromatic heterocycles. The van der Waals surface area contributed by atoms with Crippen LogP contribution in [-0.2, 0) is 4.79 Å². The summed E-state index contributed by atoms with van der Waals surface area (Å²) in [6, 6.07) is 6.87. The molecule has 0 radical (unpaired) electrons. The second-order valence-corrected chi connectivity index (χ2v) is 5.96. The number of amides is 1. The van der Waals surface area contributed by atoms with E-state index < -0.39 is 12.0 Å². The van der Waals surface area contributed by atoms with Crippen molar-refractivity contribution < 1.29 is 9.90 Å². The molecule has 1 aromatic carbocycles. The first-order chi connectivity index (χ1) is 8.20. The number of carbonyl (C=O) groups excluding carboxylic acids is 1. The molecule has 0 bridgehead atoms. The Kier molecular flexibility index (Phi) is 4.77. The molecule has 0 aliphatic rings. The summed E-state index contributed by atoms with van der Waals surface area (Å²) in [5, 5.41) is 13.6. The minimum absolute atomic E-state index is 0.162. The van der Waals surface area contributed by atoms with Gasteiger partial charge in [-0.2, -0.15) is 0 Å². The first-order valence-electron chi connectivity index (χ1n) is 5.96. The van der Waals surface area contributed by atoms with E-state index >= 15 is 0 Å². The molecule has 0 saturated carbocycles. The standard InChI is InChI=1S/C14H20ClNO2/c1-9(13(18)16-14(2,3)4)12(17)10-5-7-11(15)8-6-10/h5-9,12,17H,1-4H3,(H,16,18)/t9-,12-/m0/s1. The lowest BCUT2D eigenvalue weighted by Crippen LogP contribution is -2.44. The van der Waals surface area contributed by atoms with E-state index in [0.29, 0.717) is 10.6 Å². The second kappa shape index (κ2) is 5.72. The van der Waals surface area contributed by atoms with Gasteiger partial charge in [-0.3, -0.25) is 4.79 Å². The van der Waals surface area contributed by atoms with Gasteiger partial charge in [0.15, 0.2) is 0 Å². The Morgan fingerprint density at radius 2 is 1.78 bits per heavy atom. The lowest BCUT2D eigenvalue weighted by molar-refractivity contribution is -0.129. The van der Waals surface area contributed by atoms with E-state index in [2.05, 4.69) is 5.32 Å². The monoisotopic (exact) mass is 269 g/mol. The van der Waals surface area contributed by atoms with Crippen LogP contribution in [0.15, 0.2) is 24.3 Å². The van der Waals surface area contributed by atoms with Gasteiger partial charge in [0.05, 0.1) is 12.0 Å². The number of halogens is 1. The van der Waals surface area contributed by atoms with Crippen LogP contribution in [0.3, 0.4) is 0 Å². The summed E-state index contributed by atoms with van der Waals surface area (Å²) in [7, 11) is 0. The van der Waals surface area contributed by atoms with Crippen LogP contribution in [0, 0.1) is 5.92 Å². The van der Waals surface area contributed by atoms with E-state index in [1.54, 1.807) is 31.2 Å². The highest BCUT2D eigenvalue weighted by atomic mass is 35.5. The maximum absolute atomic E-state index is 11.9. The summed E-state index contributed by atoms with van der Waals surface area (Å²) in [5.41, 5.74) is 0.390. The van der Waals surface area contributed by atoms with Crippen LogP contribution in [0.5, 0.6) is 0 Å². The van der Waals surface area contributed by atoms with Crippen molar-refractivity contribution in [2.75, 3.05) is 0 Å². The van der Waals surface area contributed by atoms with Crippen molar-refractivity contribution in [2.24, 2.45) is 5.92 Å². The number of hydrogen-bond acceptors (Lipinski definition) is 2. The highest BCUT2D eigenvalue weighted by Gasteiger charge is 2.26. The number of benzene rings is 1. The van der Waals surface area contributed by atoms with Gasteiger partial charge in [0.2, 0.25) is 5.91 Å². The molecule has 1 rings (SSSR count). The fourth-order valence-corrected chi connectivity index (χ4v) is 1.70. The molecule has 100 valence electrons. The maximum Gasteiger partial charge on any atom is 0.226 e. The first kappa shape index (κ1) is 15.0. The summed E-state index contributed by atoms with van der Waals surface area (Å²) in [4.78, 5) is 11.9. The SMILES string of the molecule is C[C@H](C(=O)NC(C)(C)C)[C@H](O)c1ccc(Cl)cc1. The molecule has 1 amide bonds. The third-order valence-corrected chi connectivity index (χ3v) is 2.85. The van der Waals surface area contributed by atoms with Crippen molar-refractivity contribution in [2.45, 2.75) is 39.3 Å². The zero-order chi connectivity index (χ0) is 13.9. The van der Waals surface area contributed by atoms with Crippen LogP contribution < -0.4 is 5.32 Å². The van der Waals surface area contributed by atoms with Crippen molar-refractivity contribution in [1.82, 2.24) is 5.32 Å². The molecule has 2 atom stereocenters. The maximum atomic E-state index is 11.9. The van der Waals surface area contributed by atoms with Gasteiger partial charge in [-0.1, -0.05) is 30.7 Å². The van der Waals surface area contributed by atoms with Gasteiger partial charge in [-0.05, 0) is 38.5 Å². The van der Waals surface area contributed by atoms with Gasteiger partial charge in [-0.15, -0.1) is 0 Å². The lowest BCUT2D eigenvalue weighted by Gasteiger charge is -2.25. The first-order valence-corrected chi connectivity index (χ1v) is 6.34. The highest BCUT2D eigenvalue weighted by Crippen LogP contribution is 2.23. The minimum Gasteiger partial charge on any atom is -0.388 e. The Bertz CT molecular complexity index is 409. The molecule has 0 fully saturated rings. The fraction of sp³-hybridized carbons (Fsp3) is 0.500. The van der Waals surface area contributed by atoms with E-state index in [-0.39, 0.29) is 11.4 Å². The summed E-state index contributed by atoms with van der Waals surface area (Å²) in [6.45, 7) is 7.44. The Morgan fingerprint density at radius 1 is 1.28 bits per heavy atom. The van der Waals surface area contributed by atoms with Gasteiger partial charge >= 0.3 is 0 Å². The Balaban J connectivity index is 2.74. The highest BCUT2D eigenvalue weighted by molar-refractivity contribution is 6.30. The topological polar surface area (TPSA) is 49.3 Å². The average molecular weight is 270 g/mol. The third kappa shape index (κ3) is 4.31. The number of hydrogen-bond donors (Lipinski definition) is 2. The van der Waals surface area contributed by atoms with E-state index in [1.807, 2.05) is 20.8 Å². The lowest BCUT2D eigenvalue weighted by atomic mass is 9.95. The average Bonchev–Trinajstić information content (AvgIpc) is 2.26. The van der Waals surface area contributed by atoms with Crippen molar-refractivity contribution in [3.05, 3.63) is 34.9 Å². The zero-order valence-electron chi connectivity index (χ0n) is 11.2. The largest absolute Gasteiger partial charge is 0.388 e. The van der Waals surface area contributed by atoms with E-state index in [4.69, 9.17) is 11.6 Å². The Labute approximate surface area is 113 Å². The summed E-state index contributed by atoms with van der Waals surface area (Å²) in [5.74, 6) is -0.671. The fourth-order valence-electron chi connectivity index (χ4n) is 1.58. The van der Waals surface area contributed by atoms with Gasteiger partial charge in [0.1, 0.15) is 0 Å². The van der Waals surface area contributed by atoms with Gasteiger partial charge in [-0.25, -0.2) is 0 Å². The summed E-state index contributed by atoms with van der Waals surface area (Å²) in [6.07, 6.45) is -0.829. The number of aliphatic hydroxyl groups excluding tert-OH is 1. The molecule has 0 saturated heterocycles. The van der Waals surface area contributed by atoms with Crippen LogP contribution in [-0.4, -0.2) is 16.6 Å². The van der Waals surface area contributed by atoms with Gasteiger partial charge in [0, 0.05) is 10.6 Å². The molecule has 0 spiro atoms. The zero-order valence-corrected chi connectivity index (χ0v) is 12.0.